The second-order valence-electron chi connectivity index (χ2n) is 5.89. The van der Waals surface area contributed by atoms with Crippen LogP contribution in [0.5, 0.6) is 0 Å². The first-order valence-corrected chi connectivity index (χ1v) is 10.1. The van der Waals surface area contributed by atoms with Crippen molar-refractivity contribution < 1.29 is 13.2 Å². The molecule has 1 fully saturated rings. The van der Waals surface area contributed by atoms with Gasteiger partial charge in [0.15, 0.2) is 5.13 Å². The first-order valence-electron chi connectivity index (χ1n) is 7.47. The van der Waals surface area contributed by atoms with Gasteiger partial charge in [0.05, 0.1) is 22.4 Å². The highest BCUT2D eigenvalue weighted by Crippen LogP contribution is 2.29. The molecule has 1 N–H and O–H groups in total. The lowest BCUT2D eigenvalue weighted by atomic mass is 9.99. The van der Waals surface area contributed by atoms with Crippen LogP contribution in [0.15, 0.2) is 18.2 Å². The maximum atomic E-state index is 12.4. The van der Waals surface area contributed by atoms with Gasteiger partial charge in [0, 0.05) is 13.1 Å². The third kappa shape index (κ3) is 3.54. The van der Waals surface area contributed by atoms with Crippen molar-refractivity contribution in [3.05, 3.63) is 23.8 Å². The van der Waals surface area contributed by atoms with Crippen molar-refractivity contribution in [1.82, 2.24) is 9.29 Å². The van der Waals surface area contributed by atoms with Gasteiger partial charge in [0.25, 0.3) is 0 Å². The second-order valence-corrected chi connectivity index (χ2v) is 8.90. The fourth-order valence-corrected chi connectivity index (χ4v) is 4.66. The number of aromatic nitrogens is 1. The van der Waals surface area contributed by atoms with Gasteiger partial charge >= 0.3 is 0 Å². The van der Waals surface area contributed by atoms with Crippen molar-refractivity contribution in [2.45, 2.75) is 19.8 Å². The van der Waals surface area contributed by atoms with Crippen LogP contribution in [0.1, 0.15) is 18.4 Å². The van der Waals surface area contributed by atoms with Crippen LogP contribution >= 0.6 is 11.3 Å². The van der Waals surface area contributed by atoms with Gasteiger partial charge in [-0.1, -0.05) is 23.5 Å². The Bertz CT molecular complexity index is 845. The summed E-state index contributed by atoms with van der Waals surface area (Å²) >= 11 is 1.44. The van der Waals surface area contributed by atoms with Gasteiger partial charge in [-0.2, -0.15) is 0 Å². The number of hydrogen-bond donors (Lipinski definition) is 1. The SMILES string of the molecule is Cc1cccc2sc(NC(=O)C3CCCN(S(C)(=O)=O)C3)nc12. The minimum atomic E-state index is -3.25. The second kappa shape index (κ2) is 6.18. The summed E-state index contributed by atoms with van der Waals surface area (Å²) in [6.07, 6.45) is 2.58. The number of rotatable bonds is 3. The van der Waals surface area contributed by atoms with E-state index in [0.717, 1.165) is 15.8 Å². The summed E-state index contributed by atoms with van der Waals surface area (Å²) in [6.45, 7) is 2.72. The van der Waals surface area contributed by atoms with Crippen LogP contribution in [-0.4, -0.2) is 43.0 Å². The zero-order valence-corrected chi connectivity index (χ0v) is 14.7. The van der Waals surface area contributed by atoms with Crippen molar-refractivity contribution in [3.8, 4) is 0 Å². The predicted molar refractivity (Wildman–Crippen MR) is 92.1 cm³/mol. The van der Waals surface area contributed by atoms with Crippen LogP contribution in [0, 0.1) is 12.8 Å². The zero-order chi connectivity index (χ0) is 16.6. The summed E-state index contributed by atoms with van der Waals surface area (Å²) < 4.78 is 25.7. The van der Waals surface area contributed by atoms with Gasteiger partial charge < -0.3 is 5.32 Å². The number of piperidine rings is 1. The molecule has 0 aliphatic carbocycles. The number of amides is 1. The van der Waals surface area contributed by atoms with E-state index in [1.807, 2.05) is 25.1 Å². The lowest BCUT2D eigenvalue weighted by Gasteiger charge is -2.29. The fourth-order valence-electron chi connectivity index (χ4n) is 2.80. The zero-order valence-electron chi connectivity index (χ0n) is 13.1. The van der Waals surface area contributed by atoms with E-state index >= 15 is 0 Å². The molecule has 0 saturated carbocycles. The van der Waals surface area contributed by atoms with Crippen molar-refractivity contribution in [1.29, 1.82) is 0 Å². The molecule has 0 radical (unpaired) electrons. The quantitative estimate of drug-likeness (QED) is 0.917. The molecule has 1 amide bonds. The minimum Gasteiger partial charge on any atom is -0.302 e. The number of para-hydroxylation sites is 1. The Labute approximate surface area is 139 Å². The monoisotopic (exact) mass is 353 g/mol. The van der Waals surface area contributed by atoms with Crippen molar-refractivity contribution in [2.24, 2.45) is 5.92 Å². The molecule has 0 bridgehead atoms. The largest absolute Gasteiger partial charge is 0.302 e. The highest BCUT2D eigenvalue weighted by molar-refractivity contribution is 7.88. The van der Waals surface area contributed by atoms with Gasteiger partial charge in [-0.25, -0.2) is 17.7 Å². The number of hydrogen-bond acceptors (Lipinski definition) is 5. The van der Waals surface area contributed by atoms with Gasteiger partial charge in [-0.05, 0) is 31.4 Å². The Morgan fingerprint density at radius 2 is 2.22 bits per heavy atom. The number of sulfonamides is 1. The van der Waals surface area contributed by atoms with E-state index in [2.05, 4.69) is 10.3 Å². The van der Waals surface area contributed by atoms with Crippen molar-refractivity contribution >= 4 is 42.6 Å². The van der Waals surface area contributed by atoms with E-state index in [9.17, 15) is 13.2 Å². The number of aryl methyl sites for hydroxylation is 1. The van der Waals surface area contributed by atoms with E-state index < -0.39 is 10.0 Å². The maximum Gasteiger partial charge on any atom is 0.230 e. The first-order chi connectivity index (χ1) is 10.8. The average Bonchev–Trinajstić information content (AvgIpc) is 2.90. The molecule has 0 spiro atoms. The van der Waals surface area contributed by atoms with E-state index in [1.165, 1.54) is 21.9 Å². The van der Waals surface area contributed by atoms with Gasteiger partial charge in [-0.15, -0.1) is 0 Å². The predicted octanol–water partition coefficient (Wildman–Crippen LogP) is 2.21. The first kappa shape index (κ1) is 16.4. The molecule has 1 aliphatic heterocycles. The highest BCUT2D eigenvalue weighted by atomic mass is 32.2. The number of carbonyl (C=O) groups excluding carboxylic acids is 1. The molecular weight excluding hydrogens is 334 g/mol. The smallest absolute Gasteiger partial charge is 0.230 e. The average molecular weight is 353 g/mol. The number of anilines is 1. The molecule has 1 aromatic carbocycles. The Balaban J connectivity index is 1.74. The Hall–Kier alpha value is -1.51. The topological polar surface area (TPSA) is 79.4 Å². The van der Waals surface area contributed by atoms with Crippen LogP contribution in [0.4, 0.5) is 5.13 Å². The summed E-state index contributed by atoms with van der Waals surface area (Å²) in [7, 11) is -3.25. The normalized spacial score (nSPS) is 19.8. The summed E-state index contributed by atoms with van der Waals surface area (Å²) in [6, 6.07) is 5.92. The van der Waals surface area contributed by atoms with E-state index in [0.29, 0.717) is 24.5 Å². The van der Waals surface area contributed by atoms with Crippen molar-refractivity contribution in [2.75, 3.05) is 24.7 Å². The number of benzene rings is 1. The van der Waals surface area contributed by atoms with Crippen LogP contribution in [-0.2, 0) is 14.8 Å². The van der Waals surface area contributed by atoms with Crippen LogP contribution < -0.4 is 5.32 Å². The fraction of sp³-hybridized carbons (Fsp3) is 0.467. The lowest BCUT2D eigenvalue weighted by Crippen LogP contribution is -2.43. The Morgan fingerprint density at radius 1 is 1.43 bits per heavy atom. The summed E-state index contributed by atoms with van der Waals surface area (Å²) in [5.41, 5.74) is 1.97. The molecule has 1 aliphatic rings. The standard InChI is InChI=1S/C15H19N3O3S2/c1-10-5-3-7-12-13(10)16-15(22-12)17-14(19)11-6-4-8-18(9-11)23(2,20)21/h3,5,7,11H,4,6,8-9H2,1-2H3,(H,16,17,19). The number of carbonyl (C=O) groups is 1. The molecule has 8 heteroatoms. The van der Waals surface area contributed by atoms with Crippen molar-refractivity contribution in [3.63, 3.8) is 0 Å². The van der Waals surface area contributed by atoms with E-state index in [1.54, 1.807) is 0 Å². The third-order valence-corrected chi connectivity index (χ3v) is 6.28. The summed E-state index contributed by atoms with van der Waals surface area (Å²) in [4.78, 5) is 16.9. The number of nitrogens with zero attached hydrogens (tertiary/aromatic N) is 2. The summed E-state index contributed by atoms with van der Waals surface area (Å²) in [5.74, 6) is -0.485. The molecule has 1 aromatic heterocycles. The van der Waals surface area contributed by atoms with E-state index in [4.69, 9.17) is 0 Å². The number of nitrogens with one attached hydrogen (secondary N) is 1. The Kier molecular flexibility index (Phi) is 4.39. The maximum absolute atomic E-state index is 12.4. The van der Waals surface area contributed by atoms with Gasteiger partial charge in [0.2, 0.25) is 15.9 Å². The molecule has 1 unspecified atom stereocenters. The molecule has 3 rings (SSSR count). The molecule has 124 valence electrons. The number of fused-ring (bicyclic) bond motifs is 1. The molecule has 2 aromatic rings. The minimum absolute atomic E-state index is 0.157. The van der Waals surface area contributed by atoms with Gasteiger partial charge in [-0.3, -0.25) is 4.79 Å². The third-order valence-electron chi connectivity index (χ3n) is 4.07. The van der Waals surface area contributed by atoms with Crippen LogP contribution in [0.25, 0.3) is 10.2 Å². The molecule has 6 nitrogen and oxygen atoms in total. The molecular formula is C15H19N3O3S2. The molecule has 2 heterocycles. The van der Waals surface area contributed by atoms with E-state index in [-0.39, 0.29) is 18.4 Å². The van der Waals surface area contributed by atoms with Crippen LogP contribution in [0.2, 0.25) is 0 Å². The Morgan fingerprint density at radius 3 is 2.91 bits per heavy atom. The molecule has 1 saturated heterocycles. The number of thiazole rings is 1. The van der Waals surface area contributed by atoms with Crippen LogP contribution in [0.3, 0.4) is 0 Å². The molecule has 23 heavy (non-hydrogen) atoms. The molecule has 1 atom stereocenters. The van der Waals surface area contributed by atoms with Gasteiger partial charge in [0.1, 0.15) is 0 Å². The lowest BCUT2D eigenvalue weighted by molar-refractivity contribution is -0.120. The summed E-state index contributed by atoms with van der Waals surface area (Å²) in [5, 5.41) is 3.41. The highest BCUT2D eigenvalue weighted by Gasteiger charge is 2.30.